The molecule has 1 atom stereocenters. The van der Waals surface area contributed by atoms with Crippen LogP contribution >= 0.6 is 11.8 Å². The Balaban J connectivity index is 2.13. The largest absolute Gasteiger partial charge is 0.383 e. The molecule has 5 nitrogen and oxygen atoms in total. The number of benzene rings is 1. The third-order valence-corrected chi connectivity index (χ3v) is 5.12. The fourth-order valence-corrected chi connectivity index (χ4v) is 3.54. The first-order valence-corrected chi connectivity index (χ1v) is 8.85. The predicted molar refractivity (Wildman–Crippen MR) is 98.7 cm³/mol. The van der Waals surface area contributed by atoms with Crippen molar-refractivity contribution in [1.29, 1.82) is 0 Å². The van der Waals surface area contributed by atoms with E-state index in [0.29, 0.717) is 6.61 Å². The number of thioether (sulfide) groups is 1. The van der Waals surface area contributed by atoms with Crippen LogP contribution in [0, 0.1) is 13.8 Å². The zero-order chi connectivity index (χ0) is 17.7. The first-order chi connectivity index (χ1) is 11.5. The molecule has 1 amide bonds. The molecule has 6 heteroatoms. The van der Waals surface area contributed by atoms with Crippen LogP contribution in [0.25, 0.3) is 0 Å². The lowest BCUT2D eigenvalue weighted by Crippen LogP contribution is -2.33. The summed E-state index contributed by atoms with van der Waals surface area (Å²) in [6, 6.07) is 9.67. The summed E-state index contributed by atoms with van der Waals surface area (Å²) in [6.07, 6.45) is 0. The van der Waals surface area contributed by atoms with Crippen LogP contribution in [-0.4, -0.2) is 41.5 Å². The lowest BCUT2D eigenvalue weighted by atomic mass is 10.3. The summed E-state index contributed by atoms with van der Waals surface area (Å²) < 4.78 is 7.30. The maximum Gasteiger partial charge on any atom is 0.240 e. The van der Waals surface area contributed by atoms with Gasteiger partial charge in [0.05, 0.1) is 17.6 Å². The Morgan fingerprint density at radius 2 is 2.00 bits per heavy atom. The molecule has 2 aromatic rings. The standard InChI is InChI=1S/C18H25N3O2S/c1-13-14(2)21(11-12-23-5)18(19-13)24-15(3)17(22)20(4)16-9-7-6-8-10-16/h6-10,15H,11-12H2,1-5H3/t15-/m1/s1. The summed E-state index contributed by atoms with van der Waals surface area (Å²) in [4.78, 5) is 19.0. The maximum absolute atomic E-state index is 12.7. The smallest absolute Gasteiger partial charge is 0.240 e. The van der Waals surface area contributed by atoms with E-state index in [1.165, 1.54) is 11.8 Å². The van der Waals surface area contributed by atoms with Crippen LogP contribution in [0.5, 0.6) is 0 Å². The van der Waals surface area contributed by atoms with Crippen LogP contribution in [0.3, 0.4) is 0 Å². The normalized spacial score (nSPS) is 12.2. The van der Waals surface area contributed by atoms with Crippen molar-refractivity contribution in [3.63, 3.8) is 0 Å². The Morgan fingerprint density at radius 1 is 1.33 bits per heavy atom. The fourth-order valence-electron chi connectivity index (χ4n) is 2.42. The fraction of sp³-hybridized carbons (Fsp3) is 0.444. The topological polar surface area (TPSA) is 47.4 Å². The van der Waals surface area contributed by atoms with Gasteiger partial charge < -0.3 is 14.2 Å². The molecule has 0 unspecified atom stereocenters. The maximum atomic E-state index is 12.7. The quantitative estimate of drug-likeness (QED) is 0.721. The van der Waals surface area contributed by atoms with Crippen molar-refractivity contribution in [2.24, 2.45) is 0 Å². The summed E-state index contributed by atoms with van der Waals surface area (Å²) in [5.74, 6) is 0.0581. The number of rotatable bonds is 7. The lowest BCUT2D eigenvalue weighted by molar-refractivity contribution is -0.117. The van der Waals surface area contributed by atoms with Crippen LogP contribution in [0.4, 0.5) is 5.69 Å². The number of carbonyl (C=O) groups is 1. The van der Waals surface area contributed by atoms with Gasteiger partial charge in [-0.25, -0.2) is 4.98 Å². The third-order valence-electron chi connectivity index (χ3n) is 4.05. The average molecular weight is 347 g/mol. The number of hydrogen-bond acceptors (Lipinski definition) is 4. The number of ether oxygens (including phenoxy) is 1. The molecule has 0 aliphatic carbocycles. The van der Waals surface area contributed by atoms with Gasteiger partial charge in [0.25, 0.3) is 0 Å². The van der Waals surface area contributed by atoms with Gasteiger partial charge >= 0.3 is 0 Å². The van der Waals surface area contributed by atoms with Crippen molar-refractivity contribution in [3.8, 4) is 0 Å². The molecule has 1 aromatic carbocycles. The number of para-hydroxylation sites is 1. The molecule has 0 spiro atoms. The molecule has 0 N–H and O–H groups in total. The molecule has 1 heterocycles. The average Bonchev–Trinajstić information content (AvgIpc) is 2.86. The van der Waals surface area contributed by atoms with Crippen molar-refractivity contribution < 1.29 is 9.53 Å². The SMILES string of the molecule is COCCn1c(S[C@H](C)C(=O)N(C)c2ccccc2)nc(C)c1C. The van der Waals surface area contributed by atoms with Crippen molar-refractivity contribution >= 4 is 23.4 Å². The Labute approximate surface area is 148 Å². The lowest BCUT2D eigenvalue weighted by Gasteiger charge is -2.21. The number of imidazole rings is 1. The Hall–Kier alpha value is -1.79. The minimum Gasteiger partial charge on any atom is -0.383 e. The molecule has 0 aliphatic heterocycles. The van der Waals surface area contributed by atoms with Crippen LogP contribution in [0.2, 0.25) is 0 Å². The van der Waals surface area contributed by atoms with E-state index in [0.717, 1.165) is 28.8 Å². The Kier molecular flexibility index (Phi) is 6.45. The highest BCUT2D eigenvalue weighted by Gasteiger charge is 2.23. The van der Waals surface area contributed by atoms with E-state index < -0.39 is 0 Å². The molecule has 24 heavy (non-hydrogen) atoms. The van der Waals surface area contributed by atoms with Gasteiger partial charge in [-0.3, -0.25) is 4.79 Å². The van der Waals surface area contributed by atoms with E-state index >= 15 is 0 Å². The molecular formula is C18H25N3O2S. The molecule has 2 rings (SSSR count). The molecule has 0 radical (unpaired) electrons. The monoisotopic (exact) mass is 347 g/mol. The number of aromatic nitrogens is 2. The van der Waals surface area contributed by atoms with Crippen LogP contribution in [-0.2, 0) is 16.1 Å². The number of carbonyl (C=O) groups excluding carboxylic acids is 1. The molecule has 130 valence electrons. The van der Waals surface area contributed by atoms with E-state index in [4.69, 9.17) is 4.74 Å². The van der Waals surface area contributed by atoms with E-state index in [2.05, 4.69) is 9.55 Å². The summed E-state index contributed by atoms with van der Waals surface area (Å²) >= 11 is 1.49. The van der Waals surface area contributed by atoms with E-state index in [9.17, 15) is 4.79 Å². The molecular weight excluding hydrogens is 322 g/mol. The summed E-state index contributed by atoms with van der Waals surface area (Å²) in [5.41, 5.74) is 3.00. The molecule has 0 aliphatic rings. The summed E-state index contributed by atoms with van der Waals surface area (Å²) in [5, 5.41) is 0.641. The van der Waals surface area contributed by atoms with Gasteiger partial charge in [-0.1, -0.05) is 30.0 Å². The van der Waals surface area contributed by atoms with Crippen LogP contribution in [0.1, 0.15) is 18.3 Å². The number of aryl methyl sites for hydroxylation is 1. The molecule has 0 bridgehead atoms. The molecule has 0 saturated heterocycles. The second kappa shape index (κ2) is 8.35. The van der Waals surface area contributed by atoms with Gasteiger partial charge in [0.15, 0.2) is 5.16 Å². The highest BCUT2D eigenvalue weighted by Crippen LogP contribution is 2.27. The first kappa shape index (κ1) is 18.5. The van der Waals surface area contributed by atoms with Gasteiger partial charge in [-0.05, 0) is 32.9 Å². The highest BCUT2D eigenvalue weighted by molar-refractivity contribution is 8.00. The minimum atomic E-state index is -0.224. The second-order valence-electron chi connectivity index (χ2n) is 5.70. The van der Waals surface area contributed by atoms with E-state index in [-0.39, 0.29) is 11.2 Å². The number of hydrogen-bond donors (Lipinski definition) is 0. The van der Waals surface area contributed by atoms with Gasteiger partial charge in [0.1, 0.15) is 0 Å². The van der Waals surface area contributed by atoms with Crippen molar-refractivity contribution in [1.82, 2.24) is 9.55 Å². The van der Waals surface area contributed by atoms with Gasteiger partial charge in [-0.2, -0.15) is 0 Å². The van der Waals surface area contributed by atoms with Crippen LogP contribution < -0.4 is 4.90 Å². The number of nitrogens with zero attached hydrogens (tertiary/aromatic N) is 3. The highest BCUT2D eigenvalue weighted by atomic mass is 32.2. The predicted octanol–water partition coefficient (Wildman–Crippen LogP) is 3.29. The Bertz CT molecular complexity index is 685. The van der Waals surface area contributed by atoms with Gasteiger partial charge in [-0.15, -0.1) is 0 Å². The first-order valence-electron chi connectivity index (χ1n) is 7.97. The summed E-state index contributed by atoms with van der Waals surface area (Å²) in [7, 11) is 3.50. The number of methoxy groups -OCH3 is 1. The van der Waals surface area contributed by atoms with Crippen molar-refractivity contribution in [2.75, 3.05) is 25.7 Å². The minimum absolute atomic E-state index is 0.0581. The van der Waals surface area contributed by atoms with Gasteiger partial charge in [0.2, 0.25) is 5.91 Å². The Morgan fingerprint density at radius 3 is 2.62 bits per heavy atom. The number of anilines is 1. The number of amides is 1. The zero-order valence-corrected chi connectivity index (χ0v) is 15.8. The van der Waals surface area contributed by atoms with Crippen molar-refractivity contribution in [3.05, 3.63) is 41.7 Å². The van der Waals surface area contributed by atoms with E-state index in [1.807, 2.05) is 58.2 Å². The third kappa shape index (κ3) is 4.19. The molecule has 0 fully saturated rings. The van der Waals surface area contributed by atoms with E-state index in [1.54, 1.807) is 12.0 Å². The zero-order valence-electron chi connectivity index (χ0n) is 14.9. The molecule has 1 aromatic heterocycles. The molecule has 0 saturated carbocycles. The summed E-state index contributed by atoms with van der Waals surface area (Å²) in [6.45, 7) is 7.32. The van der Waals surface area contributed by atoms with Crippen LogP contribution in [0.15, 0.2) is 35.5 Å². The second-order valence-corrected chi connectivity index (χ2v) is 7.01. The van der Waals surface area contributed by atoms with Crippen molar-refractivity contribution in [2.45, 2.75) is 37.7 Å². The van der Waals surface area contributed by atoms with Gasteiger partial charge in [0, 0.05) is 32.1 Å².